The Morgan fingerprint density at radius 2 is 2.36 bits per heavy atom. The Kier molecular flexibility index (Phi) is 3.37. The molecular formula is C11H14ClNS. The van der Waals surface area contributed by atoms with Crippen molar-refractivity contribution in [2.45, 2.75) is 18.2 Å². The van der Waals surface area contributed by atoms with E-state index in [4.69, 9.17) is 11.6 Å². The molecule has 1 aliphatic rings. The first-order valence-corrected chi connectivity index (χ1v) is 6.38. The lowest BCUT2D eigenvalue weighted by Crippen LogP contribution is -2.17. The molecule has 1 N–H and O–H groups in total. The molecule has 0 saturated heterocycles. The quantitative estimate of drug-likeness (QED) is 0.791. The summed E-state index contributed by atoms with van der Waals surface area (Å²) < 4.78 is 0. The maximum Gasteiger partial charge on any atom is 0.0409 e. The molecule has 3 heteroatoms. The van der Waals surface area contributed by atoms with Gasteiger partial charge in [-0.25, -0.2) is 0 Å². The van der Waals surface area contributed by atoms with E-state index in [-0.39, 0.29) is 0 Å². The first-order valence-electron chi connectivity index (χ1n) is 4.84. The van der Waals surface area contributed by atoms with Crippen molar-refractivity contribution in [3.8, 4) is 0 Å². The van der Waals surface area contributed by atoms with E-state index in [1.807, 2.05) is 24.9 Å². The van der Waals surface area contributed by atoms with Gasteiger partial charge >= 0.3 is 0 Å². The molecule has 0 spiro atoms. The van der Waals surface area contributed by atoms with Gasteiger partial charge in [-0.15, -0.1) is 0 Å². The van der Waals surface area contributed by atoms with Crippen LogP contribution in [0.1, 0.15) is 23.6 Å². The Balaban J connectivity index is 2.40. The van der Waals surface area contributed by atoms with Crippen molar-refractivity contribution >= 4 is 23.4 Å². The van der Waals surface area contributed by atoms with Gasteiger partial charge in [0.15, 0.2) is 0 Å². The summed E-state index contributed by atoms with van der Waals surface area (Å²) in [6.45, 7) is 0. The standard InChI is InChI=1S/C11H14ClNS/c1-13-11-4-5-14-7-8-2-3-9(12)6-10(8)11/h2-3,6,11,13H,4-5,7H2,1H3. The summed E-state index contributed by atoms with van der Waals surface area (Å²) in [6.07, 6.45) is 1.19. The zero-order valence-corrected chi connectivity index (χ0v) is 9.79. The summed E-state index contributed by atoms with van der Waals surface area (Å²) in [6, 6.07) is 6.71. The van der Waals surface area contributed by atoms with Crippen molar-refractivity contribution in [3.05, 3.63) is 34.3 Å². The average molecular weight is 228 g/mol. The van der Waals surface area contributed by atoms with Crippen molar-refractivity contribution in [2.24, 2.45) is 0 Å². The van der Waals surface area contributed by atoms with Crippen LogP contribution in [0.15, 0.2) is 18.2 Å². The minimum atomic E-state index is 0.471. The fourth-order valence-electron chi connectivity index (χ4n) is 1.86. The van der Waals surface area contributed by atoms with Crippen LogP contribution in [0.2, 0.25) is 5.02 Å². The van der Waals surface area contributed by atoms with Crippen LogP contribution in [0.4, 0.5) is 0 Å². The van der Waals surface area contributed by atoms with E-state index >= 15 is 0 Å². The lowest BCUT2D eigenvalue weighted by atomic mass is 10.00. The molecule has 0 aliphatic carbocycles. The second-order valence-corrected chi connectivity index (χ2v) is 5.07. The van der Waals surface area contributed by atoms with Gasteiger partial charge in [-0.1, -0.05) is 17.7 Å². The Morgan fingerprint density at radius 3 is 3.14 bits per heavy atom. The van der Waals surface area contributed by atoms with Crippen LogP contribution >= 0.6 is 23.4 Å². The van der Waals surface area contributed by atoms with Crippen LogP contribution in [0.3, 0.4) is 0 Å². The van der Waals surface area contributed by atoms with Crippen molar-refractivity contribution in [1.82, 2.24) is 5.32 Å². The summed E-state index contributed by atoms with van der Waals surface area (Å²) >= 11 is 8.02. The second-order valence-electron chi connectivity index (χ2n) is 3.53. The van der Waals surface area contributed by atoms with Crippen molar-refractivity contribution in [1.29, 1.82) is 0 Å². The third-order valence-electron chi connectivity index (χ3n) is 2.64. The van der Waals surface area contributed by atoms with Crippen LogP contribution in [0.25, 0.3) is 0 Å². The van der Waals surface area contributed by atoms with Gasteiger partial charge in [-0.3, -0.25) is 0 Å². The highest BCUT2D eigenvalue weighted by Crippen LogP contribution is 2.31. The minimum absolute atomic E-state index is 0.471. The van der Waals surface area contributed by atoms with E-state index < -0.39 is 0 Å². The van der Waals surface area contributed by atoms with E-state index in [1.54, 1.807) is 0 Å². The maximum absolute atomic E-state index is 6.02. The molecule has 1 nitrogen and oxygen atoms in total. The minimum Gasteiger partial charge on any atom is -0.313 e. The molecule has 1 heterocycles. The van der Waals surface area contributed by atoms with Gasteiger partial charge in [0.1, 0.15) is 0 Å². The lowest BCUT2D eigenvalue weighted by Gasteiger charge is -2.16. The predicted molar refractivity (Wildman–Crippen MR) is 64.0 cm³/mol. The van der Waals surface area contributed by atoms with Crippen LogP contribution in [0.5, 0.6) is 0 Å². The lowest BCUT2D eigenvalue weighted by molar-refractivity contribution is 0.581. The molecular weight excluding hydrogens is 214 g/mol. The first kappa shape index (κ1) is 10.3. The molecule has 1 aliphatic heterocycles. The molecule has 76 valence electrons. The molecule has 0 amide bonds. The number of hydrogen-bond acceptors (Lipinski definition) is 2. The monoisotopic (exact) mass is 227 g/mol. The maximum atomic E-state index is 6.02. The smallest absolute Gasteiger partial charge is 0.0409 e. The topological polar surface area (TPSA) is 12.0 Å². The van der Waals surface area contributed by atoms with Gasteiger partial charge in [-0.05, 0) is 42.5 Å². The number of hydrogen-bond donors (Lipinski definition) is 1. The zero-order chi connectivity index (χ0) is 9.97. The van der Waals surface area contributed by atoms with Crippen LogP contribution in [0, 0.1) is 0 Å². The van der Waals surface area contributed by atoms with Gasteiger partial charge in [0.25, 0.3) is 0 Å². The molecule has 1 atom stereocenters. The van der Waals surface area contributed by atoms with Gasteiger partial charge < -0.3 is 5.32 Å². The van der Waals surface area contributed by atoms with Crippen LogP contribution in [-0.4, -0.2) is 12.8 Å². The van der Waals surface area contributed by atoms with Gasteiger partial charge in [0.2, 0.25) is 0 Å². The molecule has 1 aromatic carbocycles. The Bertz CT molecular complexity index is 327. The molecule has 0 bridgehead atoms. The number of nitrogens with one attached hydrogen (secondary N) is 1. The number of halogens is 1. The summed E-state index contributed by atoms with van der Waals surface area (Å²) in [5.74, 6) is 2.34. The average Bonchev–Trinajstić information content (AvgIpc) is 2.39. The number of benzene rings is 1. The highest BCUT2D eigenvalue weighted by Gasteiger charge is 2.17. The predicted octanol–water partition coefficient (Wildman–Crippen LogP) is 3.24. The third kappa shape index (κ3) is 2.08. The highest BCUT2D eigenvalue weighted by atomic mass is 35.5. The largest absolute Gasteiger partial charge is 0.313 e. The van der Waals surface area contributed by atoms with Crippen molar-refractivity contribution < 1.29 is 0 Å². The fraction of sp³-hybridized carbons (Fsp3) is 0.455. The Labute approximate surface area is 94.2 Å². The number of rotatable bonds is 1. The SMILES string of the molecule is CNC1CCSCc2ccc(Cl)cc21. The molecule has 2 rings (SSSR count). The second kappa shape index (κ2) is 4.56. The number of thioether (sulfide) groups is 1. The first-order chi connectivity index (χ1) is 6.81. The molecule has 0 fully saturated rings. The third-order valence-corrected chi connectivity index (χ3v) is 3.91. The number of fused-ring (bicyclic) bond motifs is 1. The van der Waals surface area contributed by atoms with E-state index in [2.05, 4.69) is 17.4 Å². The summed E-state index contributed by atoms with van der Waals surface area (Å²) in [4.78, 5) is 0. The molecule has 0 radical (unpaired) electrons. The van der Waals surface area contributed by atoms with Gasteiger partial charge in [0, 0.05) is 16.8 Å². The van der Waals surface area contributed by atoms with Gasteiger partial charge in [-0.2, -0.15) is 11.8 Å². The zero-order valence-electron chi connectivity index (χ0n) is 8.22. The summed E-state index contributed by atoms with van der Waals surface area (Å²) in [5, 5.41) is 4.20. The van der Waals surface area contributed by atoms with Crippen LogP contribution < -0.4 is 5.32 Å². The van der Waals surface area contributed by atoms with E-state index in [1.165, 1.54) is 23.3 Å². The Morgan fingerprint density at radius 1 is 1.50 bits per heavy atom. The van der Waals surface area contributed by atoms with Crippen molar-refractivity contribution in [2.75, 3.05) is 12.8 Å². The van der Waals surface area contributed by atoms with Crippen LogP contribution in [-0.2, 0) is 5.75 Å². The van der Waals surface area contributed by atoms with E-state index in [0.29, 0.717) is 6.04 Å². The van der Waals surface area contributed by atoms with Gasteiger partial charge in [0.05, 0.1) is 0 Å². The Hall–Kier alpha value is -0.180. The molecule has 1 aromatic rings. The summed E-state index contributed by atoms with van der Waals surface area (Å²) in [7, 11) is 2.02. The normalized spacial score (nSPS) is 21.4. The molecule has 1 unspecified atom stereocenters. The van der Waals surface area contributed by atoms with Crippen molar-refractivity contribution in [3.63, 3.8) is 0 Å². The molecule has 0 saturated carbocycles. The fourth-order valence-corrected chi connectivity index (χ4v) is 3.07. The summed E-state index contributed by atoms with van der Waals surface area (Å²) in [5.41, 5.74) is 2.81. The van der Waals surface area contributed by atoms with E-state index in [9.17, 15) is 0 Å². The molecule has 0 aromatic heterocycles. The molecule has 14 heavy (non-hydrogen) atoms. The highest BCUT2D eigenvalue weighted by molar-refractivity contribution is 7.98. The van der Waals surface area contributed by atoms with E-state index in [0.717, 1.165) is 10.8 Å².